The Balaban J connectivity index is 2.24. The van der Waals surface area contributed by atoms with Gasteiger partial charge in [0, 0.05) is 5.02 Å². The SMILES string of the molecule is O=C(Nc1ccc(F)cn1)c1cc(Cl)ccc1NO. The molecule has 0 spiro atoms. The van der Waals surface area contributed by atoms with Gasteiger partial charge in [-0.1, -0.05) is 11.6 Å². The molecule has 7 heteroatoms. The Hall–Kier alpha value is -2.18. The van der Waals surface area contributed by atoms with E-state index in [0.29, 0.717) is 5.02 Å². The number of amides is 1. The molecule has 0 unspecified atom stereocenters. The fraction of sp³-hybridized carbons (Fsp3) is 0. The zero-order valence-electron chi connectivity index (χ0n) is 9.52. The smallest absolute Gasteiger partial charge is 0.259 e. The maximum Gasteiger partial charge on any atom is 0.259 e. The first-order valence-electron chi connectivity index (χ1n) is 5.22. The molecule has 0 aliphatic heterocycles. The molecular formula is C12H9ClFN3O2. The van der Waals surface area contributed by atoms with Crippen molar-refractivity contribution in [3.05, 3.63) is 52.9 Å². The third-order valence-corrected chi connectivity index (χ3v) is 2.55. The molecule has 1 aromatic carbocycles. The normalized spacial score (nSPS) is 10.1. The van der Waals surface area contributed by atoms with Gasteiger partial charge >= 0.3 is 0 Å². The van der Waals surface area contributed by atoms with Crippen molar-refractivity contribution in [2.45, 2.75) is 0 Å². The number of carbonyl (C=O) groups is 1. The van der Waals surface area contributed by atoms with Crippen LogP contribution < -0.4 is 10.8 Å². The minimum Gasteiger partial charge on any atom is -0.306 e. The van der Waals surface area contributed by atoms with Gasteiger partial charge in [-0.25, -0.2) is 9.37 Å². The molecule has 2 rings (SSSR count). The Labute approximate surface area is 113 Å². The van der Waals surface area contributed by atoms with Crippen LogP contribution in [0.4, 0.5) is 15.9 Å². The van der Waals surface area contributed by atoms with Gasteiger partial charge in [-0.15, -0.1) is 0 Å². The lowest BCUT2D eigenvalue weighted by Crippen LogP contribution is -2.15. The van der Waals surface area contributed by atoms with Crippen molar-refractivity contribution in [2.24, 2.45) is 0 Å². The Bertz CT molecular complexity index is 604. The highest BCUT2D eigenvalue weighted by atomic mass is 35.5. The summed E-state index contributed by atoms with van der Waals surface area (Å²) in [6, 6.07) is 6.86. The Morgan fingerprint density at radius 3 is 2.74 bits per heavy atom. The minimum atomic E-state index is -0.529. The molecule has 2 aromatic rings. The molecule has 98 valence electrons. The van der Waals surface area contributed by atoms with E-state index in [1.165, 1.54) is 30.3 Å². The van der Waals surface area contributed by atoms with Gasteiger partial charge in [0.1, 0.15) is 11.6 Å². The number of benzene rings is 1. The van der Waals surface area contributed by atoms with Crippen molar-refractivity contribution in [3.8, 4) is 0 Å². The molecule has 0 bridgehead atoms. The van der Waals surface area contributed by atoms with Gasteiger partial charge in [-0.05, 0) is 30.3 Å². The third kappa shape index (κ3) is 3.18. The maximum atomic E-state index is 12.7. The highest BCUT2D eigenvalue weighted by Gasteiger charge is 2.12. The lowest BCUT2D eigenvalue weighted by atomic mass is 10.1. The van der Waals surface area contributed by atoms with E-state index in [9.17, 15) is 9.18 Å². The van der Waals surface area contributed by atoms with Crippen LogP contribution >= 0.6 is 11.6 Å². The fourth-order valence-electron chi connectivity index (χ4n) is 1.44. The largest absolute Gasteiger partial charge is 0.306 e. The van der Waals surface area contributed by atoms with E-state index in [-0.39, 0.29) is 17.1 Å². The summed E-state index contributed by atoms with van der Waals surface area (Å²) in [5.74, 6) is -0.841. The summed E-state index contributed by atoms with van der Waals surface area (Å²) >= 11 is 5.79. The first-order valence-corrected chi connectivity index (χ1v) is 5.60. The molecule has 0 saturated carbocycles. The third-order valence-electron chi connectivity index (χ3n) is 2.32. The van der Waals surface area contributed by atoms with Gasteiger partial charge in [-0.3, -0.25) is 15.5 Å². The predicted octanol–water partition coefficient (Wildman–Crippen LogP) is 2.93. The van der Waals surface area contributed by atoms with Gasteiger partial charge in [0.15, 0.2) is 0 Å². The van der Waals surface area contributed by atoms with Gasteiger partial charge in [-0.2, -0.15) is 0 Å². The summed E-state index contributed by atoms with van der Waals surface area (Å²) in [6.07, 6.45) is 0.985. The lowest BCUT2D eigenvalue weighted by molar-refractivity contribution is 0.102. The fourth-order valence-corrected chi connectivity index (χ4v) is 1.61. The Morgan fingerprint density at radius 1 is 1.32 bits per heavy atom. The van der Waals surface area contributed by atoms with Crippen LogP contribution in [0.1, 0.15) is 10.4 Å². The number of hydrogen-bond acceptors (Lipinski definition) is 4. The van der Waals surface area contributed by atoms with Crippen LogP contribution in [0.15, 0.2) is 36.5 Å². The zero-order chi connectivity index (χ0) is 13.8. The topological polar surface area (TPSA) is 74.2 Å². The van der Waals surface area contributed by atoms with Crippen molar-refractivity contribution in [1.29, 1.82) is 0 Å². The monoisotopic (exact) mass is 281 g/mol. The second kappa shape index (κ2) is 5.64. The number of hydrogen-bond donors (Lipinski definition) is 3. The van der Waals surface area contributed by atoms with Crippen molar-refractivity contribution in [3.63, 3.8) is 0 Å². The molecule has 19 heavy (non-hydrogen) atoms. The van der Waals surface area contributed by atoms with Crippen LogP contribution in [0.2, 0.25) is 5.02 Å². The first-order chi connectivity index (χ1) is 9.10. The van der Waals surface area contributed by atoms with Crippen molar-refractivity contribution >= 4 is 29.0 Å². The van der Waals surface area contributed by atoms with Crippen LogP contribution in [0.5, 0.6) is 0 Å². The highest BCUT2D eigenvalue weighted by molar-refractivity contribution is 6.31. The van der Waals surface area contributed by atoms with Gasteiger partial charge in [0.05, 0.1) is 17.4 Å². The molecule has 1 aromatic heterocycles. The zero-order valence-corrected chi connectivity index (χ0v) is 10.3. The second-order valence-electron chi connectivity index (χ2n) is 3.62. The van der Waals surface area contributed by atoms with E-state index in [4.69, 9.17) is 16.8 Å². The summed E-state index contributed by atoms with van der Waals surface area (Å²) in [4.78, 5) is 15.7. The average Bonchev–Trinajstić information content (AvgIpc) is 2.41. The number of aromatic nitrogens is 1. The number of anilines is 2. The van der Waals surface area contributed by atoms with E-state index in [1.807, 2.05) is 5.48 Å². The highest BCUT2D eigenvalue weighted by Crippen LogP contribution is 2.21. The molecule has 0 fully saturated rings. The van der Waals surface area contributed by atoms with E-state index in [1.54, 1.807) is 0 Å². The number of rotatable bonds is 3. The van der Waals surface area contributed by atoms with E-state index >= 15 is 0 Å². The maximum absolute atomic E-state index is 12.7. The van der Waals surface area contributed by atoms with Crippen LogP contribution in [-0.2, 0) is 0 Å². The quantitative estimate of drug-likeness (QED) is 0.756. The predicted molar refractivity (Wildman–Crippen MR) is 69.0 cm³/mol. The minimum absolute atomic E-state index is 0.140. The number of carbonyl (C=O) groups excluding carboxylic acids is 1. The lowest BCUT2D eigenvalue weighted by Gasteiger charge is -2.09. The number of nitrogens with one attached hydrogen (secondary N) is 2. The van der Waals surface area contributed by atoms with Crippen LogP contribution in [0.3, 0.4) is 0 Å². The Morgan fingerprint density at radius 2 is 2.11 bits per heavy atom. The van der Waals surface area contributed by atoms with E-state index in [0.717, 1.165) is 6.20 Å². The van der Waals surface area contributed by atoms with Gasteiger partial charge < -0.3 is 5.32 Å². The van der Waals surface area contributed by atoms with Crippen molar-refractivity contribution < 1.29 is 14.4 Å². The molecular weight excluding hydrogens is 273 g/mol. The molecule has 1 amide bonds. The number of pyridine rings is 1. The van der Waals surface area contributed by atoms with E-state index in [2.05, 4.69) is 10.3 Å². The van der Waals surface area contributed by atoms with Gasteiger partial charge in [0.25, 0.3) is 5.91 Å². The number of halogens is 2. The second-order valence-corrected chi connectivity index (χ2v) is 4.05. The molecule has 0 saturated heterocycles. The molecule has 0 aliphatic carbocycles. The summed E-state index contributed by atoms with van der Waals surface area (Å²) < 4.78 is 12.7. The standard InChI is InChI=1S/C12H9ClFN3O2/c13-7-1-3-10(17-19)9(5-7)12(18)16-11-4-2-8(14)6-15-11/h1-6,17,19H,(H,15,16,18). The molecule has 1 heterocycles. The van der Waals surface area contributed by atoms with E-state index < -0.39 is 11.7 Å². The molecule has 0 radical (unpaired) electrons. The molecule has 0 atom stereocenters. The van der Waals surface area contributed by atoms with Gasteiger partial charge in [0.2, 0.25) is 0 Å². The molecule has 0 aliphatic rings. The summed E-state index contributed by atoms with van der Waals surface area (Å²) in [5.41, 5.74) is 2.24. The Kier molecular flexibility index (Phi) is 3.94. The molecule has 3 N–H and O–H groups in total. The van der Waals surface area contributed by atoms with Crippen LogP contribution in [-0.4, -0.2) is 16.1 Å². The van der Waals surface area contributed by atoms with Crippen molar-refractivity contribution in [2.75, 3.05) is 10.8 Å². The summed E-state index contributed by atoms with van der Waals surface area (Å²) in [6.45, 7) is 0. The molecule has 5 nitrogen and oxygen atoms in total. The summed E-state index contributed by atoms with van der Waals surface area (Å²) in [5, 5.41) is 11.7. The van der Waals surface area contributed by atoms with Crippen LogP contribution in [0.25, 0.3) is 0 Å². The van der Waals surface area contributed by atoms with Crippen molar-refractivity contribution in [1.82, 2.24) is 4.98 Å². The van der Waals surface area contributed by atoms with Crippen LogP contribution in [0, 0.1) is 5.82 Å². The first kappa shape index (κ1) is 13.3. The average molecular weight is 282 g/mol. The summed E-state index contributed by atoms with van der Waals surface area (Å²) in [7, 11) is 0. The number of nitrogens with zero attached hydrogens (tertiary/aromatic N) is 1.